The molecular formula is C16H21BrN2O. The Hall–Kier alpha value is -0.870. The molecule has 20 heavy (non-hydrogen) atoms. The summed E-state index contributed by atoms with van der Waals surface area (Å²) in [5.41, 5.74) is 1.92. The predicted octanol–water partition coefficient (Wildman–Crippen LogP) is 2.83. The van der Waals surface area contributed by atoms with E-state index in [1.54, 1.807) is 0 Å². The second-order valence-electron chi connectivity index (χ2n) is 5.95. The first kappa shape index (κ1) is 14.1. The summed E-state index contributed by atoms with van der Waals surface area (Å²) < 4.78 is 0.940. The van der Waals surface area contributed by atoms with Gasteiger partial charge in [0.2, 0.25) is 0 Å². The average Bonchev–Trinajstić information content (AvgIpc) is 3.01. The van der Waals surface area contributed by atoms with E-state index in [0.29, 0.717) is 17.9 Å². The van der Waals surface area contributed by atoms with Gasteiger partial charge in [-0.25, -0.2) is 0 Å². The van der Waals surface area contributed by atoms with Gasteiger partial charge in [-0.15, -0.1) is 0 Å². The van der Waals surface area contributed by atoms with Crippen molar-refractivity contribution in [3.8, 4) is 0 Å². The monoisotopic (exact) mass is 336 g/mol. The summed E-state index contributed by atoms with van der Waals surface area (Å²) in [4.78, 5) is 15.0. The molecule has 0 bridgehead atoms. The van der Waals surface area contributed by atoms with E-state index in [-0.39, 0.29) is 5.91 Å². The molecule has 3 atom stereocenters. The van der Waals surface area contributed by atoms with Gasteiger partial charge in [0.25, 0.3) is 5.91 Å². The minimum atomic E-state index is 0.182. The minimum absolute atomic E-state index is 0.182. The van der Waals surface area contributed by atoms with E-state index in [1.807, 2.05) is 25.1 Å². The van der Waals surface area contributed by atoms with Crippen molar-refractivity contribution in [1.82, 2.24) is 10.2 Å². The predicted molar refractivity (Wildman–Crippen MR) is 83.8 cm³/mol. The van der Waals surface area contributed by atoms with Crippen LogP contribution in [0.4, 0.5) is 0 Å². The molecule has 2 heterocycles. The van der Waals surface area contributed by atoms with Crippen molar-refractivity contribution < 1.29 is 4.79 Å². The second kappa shape index (κ2) is 5.49. The van der Waals surface area contributed by atoms with Crippen molar-refractivity contribution in [2.75, 3.05) is 19.6 Å². The Morgan fingerprint density at radius 2 is 2.25 bits per heavy atom. The SMILES string of the molecule is CCC1C2CNCC2CN1C(=O)c1cccc(C)c1Br. The van der Waals surface area contributed by atoms with Crippen LogP contribution in [0.2, 0.25) is 0 Å². The third-order valence-corrected chi connectivity index (χ3v) is 5.87. The molecule has 3 nitrogen and oxygen atoms in total. The third-order valence-electron chi connectivity index (χ3n) is 4.82. The fourth-order valence-corrected chi connectivity index (χ4v) is 4.18. The van der Waals surface area contributed by atoms with Crippen molar-refractivity contribution in [2.45, 2.75) is 26.3 Å². The third kappa shape index (κ3) is 2.19. The second-order valence-corrected chi connectivity index (χ2v) is 6.74. The molecule has 2 aliphatic rings. The van der Waals surface area contributed by atoms with Gasteiger partial charge < -0.3 is 10.2 Å². The summed E-state index contributed by atoms with van der Waals surface area (Å²) in [6, 6.07) is 6.31. The highest BCUT2D eigenvalue weighted by atomic mass is 79.9. The highest BCUT2D eigenvalue weighted by Gasteiger charge is 2.45. The molecule has 108 valence electrons. The van der Waals surface area contributed by atoms with E-state index in [2.05, 4.69) is 33.1 Å². The Labute approximate surface area is 128 Å². The summed E-state index contributed by atoms with van der Waals surface area (Å²) in [5.74, 6) is 1.45. The summed E-state index contributed by atoms with van der Waals surface area (Å²) in [6.45, 7) is 7.23. The number of amides is 1. The highest BCUT2D eigenvalue weighted by molar-refractivity contribution is 9.10. The average molecular weight is 337 g/mol. The molecule has 0 aliphatic carbocycles. The number of hydrogen-bond donors (Lipinski definition) is 1. The number of nitrogens with zero attached hydrogens (tertiary/aromatic N) is 1. The summed E-state index contributed by atoms with van der Waals surface area (Å²) in [7, 11) is 0. The van der Waals surface area contributed by atoms with Gasteiger partial charge in [-0.3, -0.25) is 4.79 Å². The van der Waals surface area contributed by atoms with E-state index < -0.39 is 0 Å². The maximum atomic E-state index is 12.9. The molecule has 4 heteroatoms. The Balaban J connectivity index is 1.89. The van der Waals surface area contributed by atoms with Gasteiger partial charge in [0.1, 0.15) is 0 Å². The van der Waals surface area contributed by atoms with Gasteiger partial charge in [0.15, 0.2) is 0 Å². The van der Waals surface area contributed by atoms with Crippen LogP contribution < -0.4 is 5.32 Å². The van der Waals surface area contributed by atoms with Crippen LogP contribution >= 0.6 is 15.9 Å². The van der Waals surface area contributed by atoms with Crippen molar-refractivity contribution in [2.24, 2.45) is 11.8 Å². The van der Waals surface area contributed by atoms with Crippen molar-refractivity contribution >= 4 is 21.8 Å². The van der Waals surface area contributed by atoms with Crippen LogP contribution in [0.25, 0.3) is 0 Å². The number of halogens is 1. The lowest BCUT2D eigenvalue weighted by molar-refractivity contribution is 0.0710. The van der Waals surface area contributed by atoms with E-state index in [1.165, 1.54) is 0 Å². The number of benzene rings is 1. The molecule has 0 spiro atoms. The van der Waals surface area contributed by atoms with Crippen molar-refractivity contribution in [3.05, 3.63) is 33.8 Å². The number of rotatable bonds is 2. The smallest absolute Gasteiger partial charge is 0.255 e. The molecule has 1 amide bonds. The zero-order chi connectivity index (χ0) is 14.3. The number of fused-ring (bicyclic) bond motifs is 1. The fraction of sp³-hybridized carbons (Fsp3) is 0.562. The molecule has 0 saturated carbocycles. The van der Waals surface area contributed by atoms with Crippen LogP contribution in [0.1, 0.15) is 29.3 Å². The highest BCUT2D eigenvalue weighted by Crippen LogP contribution is 2.36. The summed E-state index contributed by atoms with van der Waals surface area (Å²) >= 11 is 3.57. The maximum Gasteiger partial charge on any atom is 0.255 e. The number of hydrogen-bond acceptors (Lipinski definition) is 2. The molecule has 1 aromatic rings. The Morgan fingerprint density at radius 1 is 1.45 bits per heavy atom. The molecule has 0 aromatic heterocycles. The van der Waals surface area contributed by atoms with Crippen LogP contribution in [0.5, 0.6) is 0 Å². The number of aryl methyl sites for hydroxylation is 1. The lowest BCUT2D eigenvalue weighted by Gasteiger charge is -2.27. The van der Waals surface area contributed by atoms with Crippen LogP contribution in [-0.2, 0) is 0 Å². The number of carbonyl (C=O) groups is 1. The quantitative estimate of drug-likeness (QED) is 0.900. The Kier molecular flexibility index (Phi) is 3.87. The largest absolute Gasteiger partial charge is 0.335 e. The van der Waals surface area contributed by atoms with E-state index in [0.717, 1.165) is 41.7 Å². The van der Waals surface area contributed by atoms with Gasteiger partial charge in [-0.05, 0) is 52.7 Å². The first-order chi connectivity index (χ1) is 9.63. The van der Waals surface area contributed by atoms with Crippen LogP contribution in [0, 0.1) is 18.8 Å². The standard InChI is InChI=1S/C16H21BrN2O/c1-3-14-13-8-18-7-11(13)9-19(14)16(20)12-6-4-5-10(2)15(12)17/h4-6,11,13-14,18H,3,7-9H2,1-2H3. The van der Waals surface area contributed by atoms with Gasteiger partial charge in [-0.1, -0.05) is 19.1 Å². The van der Waals surface area contributed by atoms with Crippen LogP contribution in [-0.4, -0.2) is 36.5 Å². The number of nitrogens with one attached hydrogen (secondary N) is 1. The Morgan fingerprint density at radius 3 is 3.00 bits per heavy atom. The van der Waals surface area contributed by atoms with Gasteiger partial charge in [-0.2, -0.15) is 0 Å². The zero-order valence-electron chi connectivity index (χ0n) is 12.0. The molecule has 1 N–H and O–H groups in total. The van der Waals surface area contributed by atoms with E-state index >= 15 is 0 Å². The number of carbonyl (C=O) groups excluding carboxylic acids is 1. The Bertz CT molecular complexity index is 531. The number of likely N-dealkylation sites (tertiary alicyclic amines) is 1. The molecule has 0 radical (unpaired) electrons. The molecule has 2 saturated heterocycles. The molecule has 2 fully saturated rings. The lowest BCUT2D eigenvalue weighted by Crippen LogP contribution is -2.39. The molecule has 3 rings (SSSR count). The van der Waals surface area contributed by atoms with Gasteiger partial charge in [0, 0.05) is 30.1 Å². The van der Waals surface area contributed by atoms with Crippen molar-refractivity contribution in [1.29, 1.82) is 0 Å². The summed E-state index contributed by atoms with van der Waals surface area (Å²) in [6.07, 6.45) is 1.04. The zero-order valence-corrected chi connectivity index (χ0v) is 13.6. The molecule has 3 unspecified atom stereocenters. The maximum absolute atomic E-state index is 12.9. The van der Waals surface area contributed by atoms with E-state index in [4.69, 9.17) is 0 Å². The van der Waals surface area contributed by atoms with Crippen LogP contribution in [0.15, 0.2) is 22.7 Å². The van der Waals surface area contributed by atoms with Gasteiger partial charge in [0.05, 0.1) is 5.56 Å². The normalized spacial score (nSPS) is 28.8. The van der Waals surface area contributed by atoms with Crippen LogP contribution in [0.3, 0.4) is 0 Å². The molecule has 1 aromatic carbocycles. The van der Waals surface area contributed by atoms with Gasteiger partial charge >= 0.3 is 0 Å². The lowest BCUT2D eigenvalue weighted by atomic mass is 9.93. The fourth-order valence-electron chi connectivity index (χ4n) is 3.75. The first-order valence-corrected chi connectivity index (χ1v) is 8.19. The minimum Gasteiger partial charge on any atom is -0.335 e. The van der Waals surface area contributed by atoms with Crippen molar-refractivity contribution in [3.63, 3.8) is 0 Å². The molecule has 2 aliphatic heterocycles. The van der Waals surface area contributed by atoms with E-state index in [9.17, 15) is 4.79 Å². The summed E-state index contributed by atoms with van der Waals surface area (Å²) in [5, 5.41) is 3.46. The molecular weight excluding hydrogens is 316 g/mol. The first-order valence-electron chi connectivity index (χ1n) is 7.40. The topological polar surface area (TPSA) is 32.3 Å².